The van der Waals surface area contributed by atoms with Crippen molar-refractivity contribution in [3.05, 3.63) is 40.0 Å². The molecule has 0 atom stereocenters. The van der Waals surface area contributed by atoms with Gasteiger partial charge in [-0.2, -0.15) is 0 Å². The van der Waals surface area contributed by atoms with Crippen molar-refractivity contribution in [2.24, 2.45) is 0 Å². The van der Waals surface area contributed by atoms with Gasteiger partial charge < -0.3 is 5.11 Å². The van der Waals surface area contributed by atoms with Crippen LogP contribution in [0.3, 0.4) is 0 Å². The number of hydrogen-bond acceptors (Lipinski definition) is 2. The van der Waals surface area contributed by atoms with Crippen molar-refractivity contribution in [3.8, 4) is 0 Å². The standard InChI is InChI=1S/C11H10BrNO/c1-7-10(12)3-2-9-4-8(6-14)5-13-11(7)9/h2-5,14H,6H2,1H3. The molecule has 2 rings (SSSR count). The minimum atomic E-state index is 0.0397. The fourth-order valence-corrected chi connectivity index (χ4v) is 1.78. The van der Waals surface area contributed by atoms with E-state index in [0.717, 1.165) is 26.5 Å². The van der Waals surface area contributed by atoms with E-state index < -0.39 is 0 Å². The maximum absolute atomic E-state index is 8.97. The van der Waals surface area contributed by atoms with Gasteiger partial charge in [-0.15, -0.1) is 0 Å². The number of fused-ring (bicyclic) bond motifs is 1. The highest BCUT2D eigenvalue weighted by Crippen LogP contribution is 2.24. The molecular formula is C11H10BrNO. The first-order chi connectivity index (χ1) is 6.72. The first-order valence-corrected chi connectivity index (χ1v) is 5.16. The molecule has 0 aliphatic heterocycles. The Kier molecular flexibility index (Phi) is 2.52. The van der Waals surface area contributed by atoms with Crippen molar-refractivity contribution < 1.29 is 5.11 Å². The van der Waals surface area contributed by atoms with Crippen LogP contribution in [-0.4, -0.2) is 10.1 Å². The van der Waals surface area contributed by atoms with Gasteiger partial charge in [-0.1, -0.05) is 22.0 Å². The van der Waals surface area contributed by atoms with Gasteiger partial charge in [-0.3, -0.25) is 4.98 Å². The number of benzene rings is 1. The zero-order chi connectivity index (χ0) is 10.1. The summed E-state index contributed by atoms with van der Waals surface area (Å²) < 4.78 is 1.06. The number of pyridine rings is 1. The normalized spacial score (nSPS) is 10.8. The molecule has 0 amide bonds. The third-order valence-corrected chi connectivity index (χ3v) is 3.14. The summed E-state index contributed by atoms with van der Waals surface area (Å²) in [6.45, 7) is 2.07. The Morgan fingerprint density at radius 1 is 1.43 bits per heavy atom. The van der Waals surface area contributed by atoms with Crippen LogP contribution >= 0.6 is 15.9 Å². The molecule has 1 N–H and O–H groups in total. The van der Waals surface area contributed by atoms with Crippen molar-refractivity contribution in [3.63, 3.8) is 0 Å². The molecule has 0 aliphatic carbocycles. The zero-order valence-electron chi connectivity index (χ0n) is 7.79. The second-order valence-corrected chi connectivity index (χ2v) is 4.10. The summed E-state index contributed by atoms with van der Waals surface area (Å²) in [5, 5.41) is 10.0. The van der Waals surface area contributed by atoms with Crippen LogP contribution in [0.15, 0.2) is 28.9 Å². The number of hydrogen-bond donors (Lipinski definition) is 1. The molecule has 1 aromatic carbocycles. The van der Waals surface area contributed by atoms with E-state index in [0.29, 0.717) is 0 Å². The van der Waals surface area contributed by atoms with Gasteiger partial charge in [0.05, 0.1) is 12.1 Å². The number of rotatable bonds is 1. The van der Waals surface area contributed by atoms with Gasteiger partial charge in [0, 0.05) is 16.1 Å². The van der Waals surface area contributed by atoms with Gasteiger partial charge >= 0.3 is 0 Å². The zero-order valence-corrected chi connectivity index (χ0v) is 9.37. The molecule has 72 valence electrons. The lowest BCUT2D eigenvalue weighted by atomic mass is 10.1. The van der Waals surface area contributed by atoms with Crippen LogP contribution in [-0.2, 0) is 6.61 Å². The van der Waals surface area contributed by atoms with E-state index in [9.17, 15) is 0 Å². The smallest absolute Gasteiger partial charge is 0.0742 e. The summed E-state index contributed by atoms with van der Waals surface area (Å²) in [5.41, 5.74) is 2.96. The van der Waals surface area contributed by atoms with E-state index >= 15 is 0 Å². The van der Waals surface area contributed by atoms with Gasteiger partial charge in [0.25, 0.3) is 0 Å². The molecule has 2 aromatic rings. The molecule has 2 nitrogen and oxygen atoms in total. The third kappa shape index (κ3) is 1.53. The lowest BCUT2D eigenvalue weighted by Crippen LogP contribution is -1.89. The van der Waals surface area contributed by atoms with E-state index in [1.54, 1.807) is 6.20 Å². The Labute approximate surface area is 90.7 Å². The largest absolute Gasteiger partial charge is 0.392 e. The first kappa shape index (κ1) is 9.62. The lowest BCUT2D eigenvalue weighted by molar-refractivity contribution is 0.281. The Bertz CT molecular complexity index is 482. The van der Waals surface area contributed by atoms with E-state index in [2.05, 4.69) is 20.9 Å². The molecule has 3 heteroatoms. The molecule has 14 heavy (non-hydrogen) atoms. The van der Waals surface area contributed by atoms with Crippen LogP contribution in [0.25, 0.3) is 10.9 Å². The molecular weight excluding hydrogens is 242 g/mol. The van der Waals surface area contributed by atoms with E-state index in [1.165, 1.54) is 0 Å². The molecule has 0 saturated carbocycles. The minimum Gasteiger partial charge on any atom is -0.392 e. The minimum absolute atomic E-state index is 0.0397. The second kappa shape index (κ2) is 3.67. The van der Waals surface area contributed by atoms with Gasteiger partial charge in [-0.25, -0.2) is 0 Å². The second-order valence-electron chi connectivity index (χ2n) is 3.25. The Hall–Kier alpha value is -0.930. The van der Waals surface area contributed by atoms with Gasteiger partial charge in [0.2, 0.25) is 0 Å². The number of aromatic nitrogens is 1. The first-order valence-electron chi connectivity index (χ1n) is 4.37. The molecule has 0 saturated heterocycles. The average molecular weight is 252 g/mol. The predicted molar refractivity (Wildman–Crippen MR) is 60.1 cm³/mol. The maximum Gasteiger partial charge on any atom is 0.0742 e. The van der Waals surface area contributed by atoms with Crippen molar-refractivity contribution in [2.75, 3.05) is 0 Å². The van der Waals surface area contributed by atoms with Crippen LogP contribution in [0.5, 0.6) is 0 Å². The van der Waals surface area contributed by atoms with Crippen LogP contribution in [0.4, 0.5) is 0 Å². The van der Waals surface area contributed by atoms with Gasteiger partial charge in [0.1, 0.15) is 0 Å². The Morgan fingerprint density at radius 3 is 2.93 bits per heavy atom. The van der Waals surface area contributed by atoms with E-state index in [1.807, 2.05) is 25.1 Å². The summed E-state index contributed by atoms with van der Waals surface area (Å²) in [4.78, 5) is 4.32. The summed E-state index contributed by atoms with van der Waals surface area (Å²) in [7, 11) is 0. The topological polar surface area (TPSA) is 33.1 Å². The van der Waals surface area contributed by atoms with Crippen LogP contribution < -0.4 is 0 Å². The molecule has 1 aromatic heterocycles. The fraction of sp³-hybridized carbons (Fsp3) is 0.182. The van der Waals surface area contributed by atoms with Crippen molar-refractivity contribution in [2.45, 2.75) is 13.5 Å². The summed E-state index contributed by atoms with van der Waals surface area (Å²) in [6, 6.07) is 5.96. The number of nitrogens with zero attached hydrogens (tertiary/aromatic N) is 1. The summed E-state index contributed by atoms with van der Waals surface area (Å²) >= 11 is 3.46. The van der Waals surface area contributed by atoms with Crippen LogP contribution in [0, 0.1) is 6.92 Å². The molecule has 0 fully saturated rings. The fourth-order valence-electron chi connectivity index (χ4n) is 1.46. The van der Waals surface area contributed by atoms with Crippen molar-refractivity contribution in [1.82, 2.24) is 4.98 Å². The van der Waals surface area contributed by atoms with Crippen molar-refractivity contribution in [1.29, 1.82) is 0 Å². The van der Waals surface area contributed by atoms with Gasteiger partial charge in [-0.05, 0) is 30.2 Å². The molecule has 0 bridgehead atoms. The highest BCUT2D eigenvalue weighted by molar-refractivity contribution is 9.10. The quantitative estimate of drug-likeness (QED) is 0.846. The highest BCUT2D eigenvalue weighted by Gasteiger charge is 2.03. The number of aliphatic hydroxyl groups excluding tert-OH is 1. The Morgan fingerprint density at radius 2 is 2.21 bits per heavy atom. The molecule has 0 unspecified atom stereocenters. The molecule has 1 heterocycles. The monoisotopic (exact) mass is 251 g/mol. The average Bonchev–Trinajstić information content (AvgIpc) is 2.23. The Balaban J connectivity index is 2.74. The van der Waals surface area contributed by atoms with E-state index in [4.69, 9.17) is 5.11 Å². The number of aryl methyl sites for hydroxylation is 1. The SMILES string of the molecule is Cc1c(Br)ccc2cc(CO)cnc12. The highest BCUT2D eigenvalue weighted by atomic mass is 79.9. The lowest BCUT2D eigenvalue weighted by Gasteiger charge is -2.04. The van der Waals surface area contributed by atoms with E-state index in [-0.39, 0.29) is 6.61 Å². The van der Waals surface area contributed by atoms with Crippen LogP contribution in [0.1, 0.15) is 11.1 Å². The third-order valence-electron chi connectivity index (χ3n) is 2.28. The molecule has 0 radical (unpaired) electrons. The van der Waals surface area contributed by atoms with Gasteiger partial charge in [0.15, 0.2) is 0 Å². The summed E-state index contributed by atoms with van der Waals surface area (Å²) in [6.07, 6.45) is 1.71. The predicted octanol–water partition coefficient (Wildman–Crippen LogP) is 2.80. The molecule has 0 aliphatic rings. The van der Waals surface area contributed by atoms with Crippen LogP contribution in [0.2, 0.25) is 0 Å². The summed E-state index contributed by atoms with van der Waals surface area (Å²) in [5.74, 6) is 0. The number of halogens is 1. The number of aliphatic hydroxyl groups is 1. The van der Waals surface area contributed by atoms with Crippen molar-refractivity contribution >= 4 is 26.8 Å². The maximum atomic E-state index is 8.97. The molecule has 0 spiro atoms.